The molecule has 3 unspecified atom stereocenters. The molecule has 15 nitrogen and oxygen atoms in total. The number of nitrogens with zero attached hydrogens (tertiary/aromatic N) is 1. The standard InChI is InChI=1S/C18H34N8O7/c19-6-2-1-4-10(25-16(31)12(8-14(28)29)24-13(27)9-20)15(30)26-11(17(32)33)5-3-7-23-18(21)22/h10-12H,1-9,19-20H2,(H,24,27)(H,25,31)(H,26,30)(H,28,29)(H,32,33)(H4,21,22,23). The molecule has 0 aliphatic carbocycles. The Balaban J connectivity index is 5.34. The number of aliphatic imine (C=N–C) groups is 1. The van der Waals surface area contributed by atoms with E-state index >= 15 is 0 Å². The van der Waals surface area contributed by atoms with Crippen LogP contribution in [0.15, 0.2) is 4.99 Å². The van der Waals surface area contributed by atoms with Crippen LogP contribution in [0.25, 0.3) is 0 Å². The van der Waals surface area contributed by atoms with E-state index in [0.29, 0.717) is 19.4 Å². The van der Waals surface area contributed by atoms with Crippen molar-refractivity contribution in [3.8, 4) is 0 Å². The van der Waals surface area contributed by atoms with E-state index in [-0.39, 0.29) is 31.8 Å². The fourth-order valence-electron chi connectivity index (χ4n) is 2.70. The van der Waals surface area contributed by atoms with Gasteiger partial charge in [0.1, 0.15) is 18.1 Å². The summed E-state index contributed by atoms with van der Waals surface area (Å²) in [5, 5.41) is 25.3. The van der Waals surface area contributed by atoms with Gasteiger partial charge in [-0.15, -0.1) is 0 Å². The summed E-state index contributed by atoms with van der Waals surface area (Å²) in [6, 6.07) is -3.93. The fraction of sp³-hybridized carbons (Fsp3) is 0.667. The predicted octanol–water partition coefficient (Wildman–Crippen LogP) is -3.86. The first kappa shape index (κ1) is 29.5. The summed E-state index contributed by atoms with van der Waals surface area (Å²) >= 11 is 0. The molecule has 0 aromatic heterocycles. The Morgan fingerprint density at radius 1 is 0.788 bits per heavy atom. The van der Waals surface area contributed by atoms with Gasteiger partial charge in [0, 0.05) is 6.54 Å². The van der Waals surface area contributed by atoms with Crippen molar-refractivity contribution >= 4 is 35.6 Å². The van der Waals surface area contributed by atoms with Gasteiger partial charge < -0.3 is 49.1 Å². The smallest absolute Gasteiger partial charge is 0.326 e. The maximum atomic E-state index is 12.7. The van der Waals surface area contributed by atoms with Crippen LogP contribution in [-0.2, 0) is 24.0 Å². The van der Waals surface area contributed by atoms with E-state index < -0.39 is 60.8 Å². The molecule has 0 bridgehead atoms. The number of carbonyl (C=O) groups excluding carboxylic acids is 3. The minimum Gasteiger partial charge on any atom is -0.481 e. The number of carbonyl (C=O) groups is 5. The molecule has 3 amide bonds. The molecule has 0 heterocycles. The average Bonchev–Trinajstić information content (AvgIpc) is 2.73. The first-order valence-electron chi connectivity index (χ1n) is 10.3. The van der Waals surface area contributed by atoms with Gasteiger partial charge >= 0.3 is 11.9 Å². The molecule has 0 aromatic rings. The Kier molecular flexibility index (Phi) is 14.5. The van der Waals surface area contributed by atoms with Gasteiger partial charge in [-0.05, 0) is 38.6 Å². The van der Waals surface area contributed by atoms with Gasteiger partial charge in [0.25, 0.3) is 0 Å². The number of amides is 3. The van der Waals surface area contributed by atoms with E-state index in [1.54, 1.807) is 0 Å². The molecule has 33 heavy (non-hydrogen) atoms. The molecule has 0 aliphatic heterocycles. The topological polar surface area (TPSA) is 278 Å². The lowest BCUT2D eigenvalue weighted by molar-refractivity contribution is -0.143. The van der Waals surface area contributed by atoms with Crippen molar-refractivity contribution < 1.29 is 34.2 Å². The van der Waals surface area contributed by atoms with E-state index in [4.69, 9.17) is 28.0 Å². The number of nitrogens with one attached hydrogen (secondary N) is 3. The lowest BCUT2D eigenvalue weighted by atomic mass is 10.1. The summed E-state index contributed by atoms with van der Waals surface area (Å²) in [4.78, 5) is 63.2. The summed E-state index contributed by atoms with van der Waals surface area (Å²) in [6.45, 7) is 0.0271. The summed E-state index contributed by atoms with van der Waals surface area (Å²) in [5.74, 6) is -5.26. The quantitative estimate of drug-likeness (QED) is 0.0558. The summed E-state index contributed by atoms with van der Waals surface area (Å²) in [7, 11) is 0. The number of aliphatic carboxylic acids is 2. The van der Waals surface area contributed by atoms with Crippen molar-refractivity contribution in [1.82, 2.24) is 16.0 Å². The van der Waals surface area contributed by atoms with Gasteiger partial charge in [0.2, 0.25) is 17.7 Å². The first-order chi connectivity index (χ1) is 15.5. The van der Waals surface area contributed by atoms with Crippen molar-refractivity contribution in [1.29, 1.82) is 0 Å². The molecule has 15 heteroatoms. The van der Waals surface area contributed by atoms with E-state index in [1.165, 1.54) is 0 Å². The molecule has 13 N–H and O–H groups in total. The molecule has 0 saturated carbocycles. The number of guanidine groups is 1. The minimum absolute atomic E-state index is 0.0233. The lowest BCUT2D eigenvalue weighted by Crippen LogP contribution is -2.56. The van der Waals surface area contributed by atoms with Crippen molar-refractivity contribution in [2.75, 3.05) is 19.6 Å². The van der Waals surface area contributed by atoms with E-state index in [9.17, 15) is 29.1 Å². The number of rotatable bonds is 17. The van der Waals surface area contributed by atoms with Gasteiger partial charge in [-0.25, -0.2) is 4.79 Å². The molecule has 0 radical (unpaired) electrons. The lowest BCUT2D eigenvalue weighted by Gasteiger charge is -2.24. The Hall–Kier alpha value is -3.46. The van der Waals surface area contributed by atoms with Gasteiger partial charge in [0.15, 0.2) is 5.96 Å². The average molecular weight is 475 g/mol. The number of nitrogens with two attached hydrogens (primary N) is 4. The summed E-state index contributed by atoms with van der Waals surface area (Å²) in [5.41, 5.74) is 21.1. The van der Waals surface area contributed by atoms with Crippen molar-refractivity contribution in [3.63, 3.8) is 0 Å². The molecular formula is C18H34N8O7. The monoisotopic (exact) mass is 474 g/mol. The second-order valence-corrected chi connectivity index (χ2v) is 7.12. The molecule has 3 atom stereocenters. The second kappa shape index (κ2) is 16.2. The van der Waals surface area contributed by atoms with Crippen LogP contribution in [0, 0.1) is 0 Å². The number of hydrogen-bond donors (Lipinski definition) is 9. The molecular weight excluding hydrogens is 440 g/mol. The molecule has 0 saturated heterocycles. The van der Waals surface area contributed by atoms with Crippen molar-refractivity contribution in [2.45, 2.75) is 56.7 Å². The van der Waals surface area contributed by atoms with Crippen LogP contribution in [0.3, 0.4) is 0 Å². The normalized spacial score (nSPS) is 13.2. The van der Waals surface area contributed by atoms with Crippen LogP contribution >= 0.6 is 0 Å². The Morgan fingerprint density at radius 2 is 1.36 bits per heavy atom. The molecule has 0 spiro atoms. The van der Waals surface area contributed by atoms with Gasteiger partial charge in [-0.1, -0.05) is 0 Å². The SMILES string of the molecule is NCCCCC(NC(=O)C(CC(=O)O)NC(=O)CN)C(=O)NC(CCCN=C(N)N)C(=O)O. The largest absolute Gasteiger partial charge is 0.481 e. The molecule has 0 aliphatic rings. The predicted molar refractivity (Wildman–Crippen MR) is 118 cm³/mol. The first-order valence-corrected chi connectivity index (χ1v) is 10.3. The highest BCUT2D eigenvalue weighted by molar-refractivity contribution is 5.95. The second-order valence-electron chi connectivity index (χ2n) is 7.12. The Morgan fingerprint density at radius 3 is 1.88 bits per heavy atom. The number of carboxylic acids is 2. The van der Waals surface area contributed by atoms with E-state index in [2.05, 4.69) is 20.9 Å². The third-order valence-electron chi connectivity index (χ3n) is 4.36. The zero-order valence-corrected chi connectivity index (χ0v) is 18.3. The zero-order chi connectivity index (χ0) is 25.4. The van der Waals surface area contributed by atoms with Crippen LogP contribution in [0.4, 0.5) is 0 Å². The van der Waals surface area contributed by atoms with Crippen LogP contribution in [0.1, 0.15) is 38.5 Å². The number of hydrogen-bond acceptors (Lipinski definition) is 8. The van der Waals surface area contributed by atoms with Crippen LogP contribution < -0.4 is 38.9 Å². The molecule has 0 fully saturated rings. The maximum absolute atomic E-state index is 12.7. The van der Waals surface area contributed by atoms with Crippen LogP contribution in [0.5, 0.6) is 0 Å². The Labute approximate surface area is 190 Å². The zero-order valence-electron chi connectivity index (χ0n) is 18.3. The van der Waals surface area contributed by atoms with Gasteiger partial charge in [-0.3, -0.25) is 24.2 Å². The molecule has 188 valence electrons. The highest BCUT2D eigenvalue weighted by Gasteiger charge is 2.30. The minimum atomic E-state index is -1.47. The summed E-state index contributed by atoms with van der Waals surface area (Å²) in [6.07, 6.45) is 0.622. The third kappa shape index (κ3) is 13.5. The number of unbranched alkanes of at least 4 members (excludes halogenated alkanes) is 1. The highest BCUT2D eigenvalue weighted by atomic mass is 16.4. The summed E-state index contributed by atoms with van der Waals surface area (Å²) < 4.78 is 0. The van der Waals surface area contributed by atoms with Gasteiger partial charge in [0.05, 0.1) is 13.0 Å². The third-order valence-corrected chi connectivity index (χ3v) is 4.36. The molecule has 0 rings (SSSR count). The highest BCUT2D eigenvalue weighted by Crippen LogP contribution is 2.06. The Bertz CT molecular complexity index is 712. The van der Waals surface area contributed by atoms with Crippen LogP contribution in [-0.4, -0.2) is 83.6 Å². The van der Waals surface area contributed by atoms with Gasteiger partial charge in [-0.2, -0.15) is 0 Å². The molecule has 0 aromatic carbocycles. The number of carboxylic acid groups (broad SMARTS) is 2. The fourth-order valence-corrected chi connectivity index (χ4v) is 2.70. The maximum Gasteiger partial charge on any atom is 0.326 e. The van der Waals surface area contributed by atoms with Crippen LogP contribution in [0.2, 0.25) is 0 Å². The van der Waals surface area contributed by atoms with E-state index in [1.807, 2.05) is 0 Å². The van der Waals surface area contributed by atoms with E-state index in [0.717, 1.165) is 0 Å². The van der Waals surface area contributed by atoms with Crippen molar-refractivity contribution in [2.24, 2.45) is 27.9 Å². The van der Waals surface area contributed by atoms with Crippen molar-refractivity contribution in [3.05, 3.63) is 0 Å².